The lowest BCUT2D eigenvalue weighted by molar-refractivity contribution is 0.284. The van der Waals surface area contributed by atoms with E-state index in [1.165, 1.54) is 24.9 Å². The second-order valence-corrected chi connectivity index (χ2v) is 5.60. The third-order valence-electron chi connectivity index (χ3n) is 3.12. The number of nitrogens with zero attached hydrogens (tertiary/aromatic N) is 1. The number of hydrogen-bond donors (Lipinski definition) is 1. The van der Waals surface area contributed by atoms with Gasteiger partial charge in [-0.1, -0.05) is 13.8 Å². The SMILES string of the molecule is CC(C)NCc1coc(CN(C)CC2CC2)c1. The molecule has 1 aliphatic rings. The largest absolute Gasteiger partial charge is 0.468 e. The fraction of sp³-hybridized carbons (Fsp3) is 0.714. The standard InChI is InChI=1S/C14H24N2O/c1-11(2)15-7-13-6-14(17-10-13)9-16(3)8-12-4-5-12/h6,10-12,15H,4-5,7-9H2,1-3H3. The van der Waals surface area contributed by atoms with Gasteiger partial charge >= 0.3 is 0 Å². The molecule has 3 heteroatoms. The van der Waals surface area contributed by atoms with Crippen LogP contribution in [0.1, 0.15) is 38.0 Å². The minimum absolute atomic E-state index is 0.519. The van der Waals surface area contributed by atoms with E-state index in [1.807, 2.05) is 6.26 Å². The summed E-state index contributed by atoms with van der Waals surface area (Å²) in [5.74, 6) is 2.02. The van der Waals surface area contributed by atoms with Crippen molar-refractivity contribution in [3.05, 3.63) is 23.7 Å². The third kappa shape index (κ3) is 4.52. The number of furan rings is 1. The first kappa shape index (κ1) is 12.7. The highest BCUT2D eigenvalue weighted by Crippen LogP contribution is 2.29. The lowest BCUT2D eigenvalue weighted by Gasteiger charge is -2.13. The van der Waals surface area contributed by atoms with Crippen LogP contribution >= 0.6 is 0 Å². The zero-order valence-electron chi connectivity index (χ0n) is 11.2. The van der Waals surface area contributed by atoms with Gasteiger partial charge in [0.2, 0.25) is 0 Å². The van der Waals surface area contributed by atoms with Crippen LogP contribution in [0.4, 0.5) is 0 Å². The Morgan fingerprint density at radius 1 is 1.47 bits per heavy atom. The fourth-order valence-electron chi connectivity index (χ4n) is 2.00. The molecule has 1 saturated carbocycles. The van der Waals surface area contributed by atoms with Gasteiger partial charge < -0.3 is 9.73 Å². The van der Waals surface area contributed by atoms with Crippen LogP contribution in [0.2, 0.25) is 0 Å². The number of nitrogens with one attached hydrogen (secondary N) is 1. The van der Waals surface area contributed by atoms with Gasteiger partial charge in [-0.15, -0.1) is 0 Å². The Hall–Kier alpha value is -0.800. The minimum Gasteiger partial charge on any atom is -0.468 e. The fourth-order valence-corrected chi connectivity index (χ4v) is 2.00. The summed E-state index contributed by atoms with van der Waals surface area (Å²) < 4.78 is 5.59. The van der Waals surface area contributed by atoms with Gasteiger partial charge in [0.05, 0.1) is 12.8 Å². The van der Waals surface area contributed by atoms with Crippen molar-refractivity contribution in [3.63, 3.8) is 0 Å². The van der Waals surface area contributed by atoms with E-state index in [-0.39, 0.29) is 0 Å². The molecule has 2 rings (SSSR count). The molecule has 3 nitrogen and oxygen atoms in total. The molecule has 0 unspecified atom stereocenters. The Morgan fingerprint density at radius 3 is 2.88 bits per heavy atom. The van der Waals surface area contributed by atoms with Crippen LogP contribution in [0.15, 0.2) is 16.7 Å². The average molecular weight is 236 g/mol. The van der Waals surface area contributed by atoms with Gasteiger partial charge in [0.15, 0.2) is 0 Å². The maximum atomic E-state index is 5.59. The molecule has 0 radical (unpaired) electrons. The van der Waals surface area contributed by atoms with Gasteiger partial charge in [0, 0.05) is 24.7 Å². The van der Waals surface area contributed by atoms with Gasteiger partial charge in [-0.2, -0.15) is 0 Å². The molecule has 1 heterocycles. The molecule has 0 saturated heterocycles. The van der Waals surface area contributed by atoms with Crippen molar-refractivity contribution in [1.82, 2.24) is 10.2 Å². The van der Waals surface area contributed by atoms with E-state index in [2.05, 4.69) is 37.2 Å². The monoisotopic (exact) mass is 236 g/mol. The lowest BCUT2D eigenvalue weighted by atomic mass is 10.2. The van der Waals surface area contributed by atoms with Gasteiger partial charge in [-0.05, 0) is 31.9 Å². The van der Waals surface area contributed by atoms with Crippen molar-refractivity contribution in [3.8, 4) is 0 Å². The van der Waals surface area contributed by atoms with Gasteiger partial charge in [0.1, 0.15) is 5.76 Å². The van der Waals surface area contributed by atoms with Gasteiger partial charge in [-0.3, -0.25) is 4.90 Å². The maximum absolute atomic E-state index is 5.59. The third-order valence-corrected chi connectivity index (χ3v) is 3.12. The van der Waals surface area contributed by atoms with Crippen LogP contribution in [0.3, 0.4) is 0 Å². The highest BCUT2D eigenvalue weighted by atomic mass is 16.3. The summed E-state index contributed by atoms with van der Waals surface area (Å²) in [7, 11) is 2.17. The van der Waals surface area contributed by atoms with Crippen LogP contribution in [0.5, 0.6) is 0 Å². The highest BCUT2D eigenvalue weighted by molar-refractivity contribution is 5.12. The summed E-state index contributed by atoms with van der Waals surface area (Å²) in [6.07, 6.45) is 4.69. The zero-order valence-corrected chi connectivity index (χ0v) is 11.2. The Labute approximate surface area is 104 Å². The summed E-state index contributed by atoms with van der Waals surface area (Å²) in [5, 5.41) is 3.40. The maximum Gasteiger partial charge on any atom is 0.118 e. The molecule has 0 bridgehead atoms. The summed E-state index contributed by atoms with van der Waals surface area (Å²) in [5.41, 5.74) is 1.24. The Morgan fingerprint density at radius 2 is 2.24 bits per heavy atom. The van der Waals surface area contributed by atoms with E-state index < -0.39 is 0 Å². The van der Waals surface area contributed by atoms with E-state index in [0.717, 1.165) is 24.8 Å². The van der Waals surface area contributed by atoms with E-state index in [4.69, 9.17) is 4.42 Å². The van der Waals surface area contributed by atoms with Gasteiger partial charge in [-0.25, -0.2) is 0 Å². The molecule has 1 aromatic rings. The zero-order chi connectivity index (χ0) is 12.3. The molecule has 0 amide bonds. The molecule has 1 aliphatic carbocycles. The van der Waals surface area contributed by atoms with Crippen LogP contribution in [-0.2, 0) is 13.1 Å². The molecule has 1 N–H and O–H groups in total. The molecular weight excluding hydrogens is 212 g/mol. The normalized spacial score (nSPS) is 16.1. The van der Waals surface area contributed by atoms with E-state index in [1.54, 1.807) is 0 Å². The second-order valence-electron chi connectivity index (χ2n) is 5.60. The van der Waals surface area contributed by atoms with E-state index in [0.29, 0.717) is 6.04 Å². The Bertz CT molecular complexity index is 342. The molecule has 0 aliphatic heterocycles. The molecule has 1 fully saturated rings. The predicted octanol–water partition coefficient (Wildman–Crippen LogP) is 2.62. The summed E-state index contributed by atoms with van der Waals surface area (Å²) in [4.78, 5) is 2.36. The van der Waals surface area contributed by atoms with Crippen LogP contribution < -0.4 is 5.32 Å². The second kappa shape index (κ2) is 5.69. The molecule has 17 heavy (non-hydrogen) atoms. The first-order valence-electron chi connectivity index (χ1n) is 6.61. The van der Waals surface area contributed by atoms with Crippen molar-refractivity contribution in [2.75, 3.05) is 13.6 Å². The number of hydrogen-bond acceptors (Lipinski definition) is 3. The lowest BCUT2D eigenvalue weighted by Crippen LogP contribution is -2.21. The van der Waals surface area contributed by atoms with Crippen molar-refractivity contribution < 1.29 is 4.42 Å². The topological polar surface area (TPSA) is 28.4 Å². The first-order chi connectivity index (χ1) is 8.13. The summed E-state index contributed by atoms with van der Waals surface area (Å²) in [6, 6.07) is 2.68. The minimum atomic E-state index is 0.519. The quantitative estimate of drug-likeness (QED) is 0.789. The van der Waals surface area contributed by atoms with Crippen molar-refractivity contribution >= 4 is 0 Å². The number of rotatable bonds is 7. The van der Waals surface area contributed by atoms with Crippen LogP contribution in [0.25, 0.3) is 0 Å². The average Bonchev–Trinajstić information content (AvgIpc) is 2.94. The van der Waals surface area contributed by atoms with E-state index >= 15 is 0 Å². The molecule has 1 aromatic heterocycles. The van der Waals surface area contributed by atoms with Crippen molar-refractivity contribution in [1.29, 1.82) is 0 Å². The van der Waals surface area contributed by atoms with Crippen molar-refractivity contribution in [2.45, 2.75) is 45.8 Å². The molecule has 0 atom stereocenters. The molecule has 96 valence electrons. The van der Waals surface area contributed by atoms with Crippen LogP contribution in [0, 0.1) is 5.92 Å². The molecular formula is C14H24N2O. The predicted molar refractivity (Wildman–Crippen MR) is 69.7 cm³/mol. The van der Waals surface area contributed by atoms with Crippen LogP contribution in [-0.4, -0.2) is 24.5 Å². The van der Waals surface area contributed by atoms with Crippen molar-refractivity contribution in [2.24, 2.45) is 5.92 Å². The summed E-state index contributed by atoms with van der Waals surface area (Å²) >= 11 is 0. The molecule has 0 aromatic carbocycles. The van der Waals surface area contributed by atoms with E-state index in [9.17, 15) is 0 Å². The Balaban J connectivity index is 1.76. The smallest absolute Gasteiger partial charge is 0.118 e. The Kier molecular flexibility index (Phi) is 4.24. The molecule has 0 spiro atoms. The van der Waals surface area contributed by atoms with Gasteiger partial charge in [0.25, 0.3) is 0 Å². The first-order valence-corrected chi connectivity index (χ1v) is 6.61. The summed E-state index contributed by atoms with van der Waals surface area (Å²) in [6.45, 7) is 7.35. The highest BCUT2D eigenvalue weighted by Gasteiger charge is 2.23.